The zero-order chi connectivity index (χ0) is 14.5. The molecule has 3 N–H and O–H groups in total. The SMILES string of the molecule is Cc1cnc(C)c(NCCc2cccc(C(N)=O)c2)n1. The minimum atomic E-state index is -0.403. The number of anilines is 1. The van der Waals surface area contributed by atoms with E-state index in [4.69, 9.17) is 5.73 Å². The molecule has 0 saturated carbocycles. The number of nitrogens with zero attached hydrogens (tertiary/aromatic N) is 2. The number of rotatable bonds is 5. The first-order valence-corrected chi connectivity index (χ1v) is 6.49. The highest BCUT2D eigenvalue weighted by Gasteiger charge is 2.03. The van der Waals surface area contributed by atoms with Gasteiger partial charge >= 0.3 is 0 Å². The lowest BCUT2D eigenvalue weighted by molar-refractivity contribution is 0.1000. The number of aromatic nitrogens is 2. The zero-order valence-corrected chi connectivity index (χ0v) is 11.7. The number of carbonyl (C=O) groups excluding carboxylic acids is 1. The molecule has 0 saturated heterocycles. The Morgan fingerprint density at radius 1 is 1.35 bits per heavy atom. The maximum absolute atomic E-state index is 11.1. The van der Waals surface area contributed by atoms with Crippen LogP contribution in [0.2, 0.25) is 0 Å². The largest absolute Gasteiger partial charge is 0.368 e. The van der Waals surface area contributed by atoms with Crippen LogP contribution in [0.25, 0.3) is 0 Å². The van der Waals surface area contributed by atoms with Crippen LogP contribution in [0.3, 0.4) is 0 Å². The summed E-state index contributed by atoms with van der Waals surface area (Å²) in [5.41, 5.74) is 8.62. The van der Waals surface area contributed by atoms with E-state index in [9.17, 15) is 4.79 Å². The molecule has 1 aromatic carbocycles. The van der Waals surface area contributed by atoms with Gasteiger partial charge in [-0.25, -0.2) is 4.98 Å². The molecule has 0 aliphatic rings. The highest BCUT2D eigenvalue weighted by Crippen LogP contribution is 2.10. The van der Waals surface area contributed by atoms with E-state index < -0.39 is 5.91 Å². The van der Waals surface area contributed by atoms with Gasteiger partial charge in [-0.05, 0) is 38.0 Å². The normalized spacial score (nSPS) is 10.3. The molecule has 0 atom stereocenters. The van der Waals surface area contributed by atoms with Crippen molar-refractivity contribution in [3.05, 3.63) is 53.0 Å². The molecule has 2 rings (SSSR count). The minimum absolute atomic E-state index is 0.403. The molecule has 0 spiro atoms. The van der Waals surface area contributed by atoms with Gasteiger partial charge in [0.2, 0.25) is 5.91 Å². The molecule has 0 aliphatic heterocycles. The Balaban J connectivity index is 1.97. The van der Waals surface area contributed by atoms with Gasteiger partial charge in [0.05, 0.1) is 11.4 Å². The average Bonchev–Trinajstić information content (AvgIpc) is 2.43. The first-order chi connectivity index (χ1) is 9.56. The number of hydrogen-bond acceptors (Lipinski definition) is 4. The summed E-state index contributed by atoms with van der Waals surface area (Å²) in [5, 5.41) is 3.26. The van der Waals surface area contributed by atoms with Crippen LogP contribution in [0.1, 0.15) is 27.3 Å². The summed E-state index contributed by atoms with van der Waals surface area (Å²) >= 11 is 0. The molecular formula is C15H18N4O. The maximum atomic E-state index is 11.1. The summed E-state index contributed by atoms with van der Waals surface area (Å²) in [4.78, 5) is 19.8. The molecule has 104 valence electrons. The van der Waals surface area contributed by atoms with Gasteiger partial charge in [0.1, 0.15) is 5.82 Å². The van der Waals surface area contributed by atoms with Crippen LogP contribution in [0, 0.1) is 13.8 Å². The Labute approximate surface area is 118 Å². The van der Waals surface area contributed by atoms with E-state index in [1.807, 2.05) is 32.0 Å². The van der Waals surface area contributed by atoms with E-state index in [0.29, 0.717) is 5.56 Å². The lowest BCUT2D eigenvalue weighted by Gasteiger charge is -2.09. The van der Waals surface area contributed by atoms with Gasteiger partial charge in [0.15, 0.2) is 0 Å². The average molecular weight is 270 g/mol. The lowest BCUT2D eigenvalue weighted by Crippen LogP contribution is -2.12. The summed E-state index contributed by atoms with van der Waals surface area (Å²) in [6.45, 7) is 4.55. The number of carbonyl (C=O) groups is 1. The number of nitrogens with two attached hydrogens (primary N) is 1. The number of nitrogens with one attached hydrogen (secondary N) is 1. The lowest BCUT2D eigenvalue weighted by atomic mass is 10.1. The Bertz CT molecular complexity index is 625. The van der Waals surface area contributed by atoms with Crippen LogP contribution in [0.4, 0.5) is 5.82 Å². The molecule has 0 radical (unpaired) electrons. The zero-order valence-electron chi connectivity index (χ0n) is 11.7. The summed E-state index contributed by atoms with van der Waals surface area (Å²) in [5.74, 6) is 0.399. The first kappa shape index (κ1) is 14.0. The smallest absolute Gasteiger partial charge is 0.248 e. The standard InChI is InChI=1S/C15H18N4O/c1-10-9-18-11(2)15(19-10)17-7-6-12-4-3-5-13(8-12)14(16)20/h3-5,8-9H,6-7H2,1-2H3,(H2,16,20)(H,17,19). The third-order valence-corrected chi connectivity index (χ3v) is 2.99. The number of primary amides is 1. The van der Waals surface area contributed by atoms with Crippen molar-refractivity contribution in [2.45, 2.75) is 20.3 Å². The van der Waals surface area contributed by atoms with Crippen LogP contribution >= 0.6 is 0 Å². The number of hydrogen-bond donors (Lipinski definition) is 2. The summed E-state index contributed by atoms with van der Waals surface area (Å²) in [6, 6.07) is 7.35. The van der Waals surface area contributed by atoms with Gasteiger partial charge in [-0.3, -0.25) is 9.78 Å². The second-order valence-corrected chi connectivity index (χ2v) is 4.69. The number of amides is 1. The molecule has 5 nitrogen and oxygen atoms in total. The predicted octanol–water partition coefficient (Wildman–Crippen LogP) is 1.85. The Morgan fingerprint density at radius 3 is 2.90 bits per heavy atom. The van der Waals surface area contributed by atoms with Gasteiger partial charge in [-0.15, -0.1) is 0 Å². The molecule has 2 aromatic rings. The number of benzene rings is 1. The maximum Gasteiger partial charge on any atom is 0.248 e. The van der Waals surface area contributed by atoms with E-state index in [-0.39, 0.29) is 0 Å². The van der Waals surface area contributed by atoms with Crippen molar-refractivity contribution in [1.82, 2.24) is 9.97 Å². The Kier molecular flexibility index (Phi) is 4.30. The van der Waals surface area contributed by atoms with Crippen LogP contribution in [0.15, 0.2) is 30.5 Å². The van der Waals surface area contributed by atoms with Gasteiger partial charge < -0.3 is 11.1 Å². The summed E-state index contributed by atoms with van der Waals surface area (Å²) in [7, 11) is 0. The van der Waals surface area contributed by atoms with Gasteiger partial charge in [0, 0.05) is 18.3 Å². The van der Waals surface area contributed by atoms with E-state index in [0.717, 1.165) is 35.7 Å². The van der Waals surface area contributed by atoms with Crippen molar-refractivity contribution in [3.63, 3.8) is 0 Å². The number of aryl methyl sites for hydroxylation is 2. The highest BCUT2D eigenvalue weighted by atomic mass is 16.1. The summed E-state index contributed by atoms with van der Waals surface area (Å²) in [6.07, 6.45) is 2.53. The minimum Gasteiger partial charge on any atom is -0.368 e. The van der Waals surface area contributed by atoms with Crippen molar-refractivity contribution in [2.24, 2.45) is 5.73 Å². The molecule has 1 amide bonds. The molecule has 1 aromatic heterocycles. The third-order valence-electron chi connectivity index (χ3n) is 2.99. The topological polar surface area (TPSA) is 80.9 Å². The van der Waals surface area contributed by atoms with Crippen LogP contribution in [-0.2, 0) is 6.42 Å². The predicted molar refractivity (Wildman–Crippen MR) is 78.7 cm³/mol. The van der Waals surface area contributed by atoms with Crippen molar-refractivity contribution in [2.75, 3.05) is 11.9 Å². The van der Waals surface area contributed by atoms with Gasteiger partial charge in [0.25, 0.3) is 0 Å². The Hall–Kier alpha value is -2.43. The molecule has 0 unspecified atom stereocenters. The van der Waals surface area contributed by atoms with E-state index in [1.165, 1.54) is 0 Å². The molecule has 0 fully saturated rings. The van der Waals surface area contributed by atoms with Gasteiger partial charge in [-0.2, -0.15) is 0 Å². The quantitative estimate of drug-likeness (QED) is 0.868. The molecule has 5 heteroatoms. The van der Waals surface area contributed by atoms with Crippen molar-refractivity contribution in [1.29, 1.82) is 0 Å². The molecular weight excluding hydrogens is 252 g/mol. The summed E-state index contributed by atoms with van der Waals surface area (Å²) < 4.78 is 0. The second kappa shape index (κ2) is 6.14. The van der Waals surface area contributed by atoms with Crippen molar-refractivity contribution in [3.8, 4) is 0 Å². The van der Waals surface area contributed by atoms with Crippen molar-refractivity contribution >= 4 is 11.7 Å². The van der Waals surface area contributed by atoms with Crippen LogP contribution in [-0.4, -0.2) is 22.4 Å². The molecule has 0 aliphatic carbocycles. The first-order valence-electron chi connectivity index (χ1n) is 6.49. The van der Waals surface area contributed by atoms with E-state index >= 15 is 0 Å². The molecule has 20 heavy (non-hydrogen) atoms. The van der Waals surface area contributed by atoms with E-state index in [2.05, 4.69) is 15.3 Å². The fourth-order valence-corrected chi connectivity index (χ4v) is 1.91. The Morgan fingerprint density at radius 2 is 2.15 bits per heavy atom. The second-order valence-electron chi connectivity index (χ2n) is 4.69. The molecule has 1 heterocycles. The highest BCUT2D eigenvalue weighted by molar-refractivity contribution is 5.92. The van der Waals surface area contributed by atoms with Crippen LogP contribution < -0.4 is 11.1 Å². The van der Waals surface area contributed by atoms with Crippen molar-refractivity contribution < 1.29 is 4.79 Å². The monoisotopic (exact) mass is 270 g/mol. The third kappa shape index (κ3) is 3.54. The molecule has 0 bridgehead atoms. The fraction of sp³-hybridized carbons (Fsp3) is 0.267. The van der Waals surface area contributed by atoms with E-state index in [1.54, 1.807) is 12.3 Å². The van der Waals surface area contributed by atoms with Gasteiger partial charge in [-0.1, -0.05) is 12.1 Å². The fourth-order valence-electron chi connectivity index (χ4n) is 1.91. The van der Waals surface area contributed by atoms with Crippen LogP contribution in [0.5, 0.6) is 0 Å².